The summed E-state index contributed by atoms with van der Waals surface area (Å²) in [4.78, 5) is -0.158. The third kappa shape index (κ3) is 4.19. The van der Waals surface area contributed by atoms with E-state index >= 15 is 0 Å². The van der Waals surface area contributed by atoms with Gasteiger partial charge >= 0.3 is 0 Å². The minimum absolute atomic E-state index is 0.0821. The lowest BCUT2D eigenvalue weighted by atomic mass is 10.2. The first kappa shape index (κ1) is 15.9. The molecule has 1 aromatic carbocycles. The van der Waals surface area contributed by atoms with Crippen molar-refractivity contribution in [3.63, 3.8) is 0 Å². The Balaban J connectivity index is 2.86. The van der Waals surface area contributed by atoms with E-state index < -0.39 is 26.9 Å². The van der Waals surface area contributed by atoms with Gasteiger partial charge in [0.15, 0.2) is 0 Å². The van der Waals surface area contributed by atoms with Gasteiger partial charge in [-0.05, 0) is 24.6 Å². The zero-order valence-electron chi connectivity index (χ0n) is 10.2. The van der Waals surface area contributed by atoms with Gasteiger partial charge in [0.2, 0.25) is 10.0 Å². The molecule has 0 bridgehead atoms. The van der Waals surface area contributed by atoms with Crippen molar-refractivity contribution in [2.24, 2.45) is 5.73 Å². The molecule has 0 radical (unpaired) electrons. The monoisotopic (exact) mass is 308 g/mol. The average Bonchev–Trinajstić information content (AvgIpc) is 2.30. The Kier molecular flexibility index (Phi) is 5.33. The van der Waals surface area contributed by atoms with E-state index in [0.29, 0.717) is 0 Å². The molecule has 1 rings (SSSR count). The van der Waals surface area contributed by atoms with Crippen molar-refractivity contribution in [1.82, 2.24) is 4.72 Å². The maximum atomic E-state index is 13.3. The average molecular weight is 308 g/mol. The van der Waals surface area contributed by atoms with Gasteiger partial charge < -0.3 is 5.73 Å². The summed E-state index contributed by atoms with van der Waals surface area (Å²) in [6.45, 7) is 1.26. The predicted molar refractivity (Wildman–Crippen MR) is 73.0 cm³/mol. The van der Waals surface area contributed by atoms with Crippen LogP contribution in [0.3, 0.4) is 0 Å². The normalized spacial score (nSPS) is 13.2. The molecule has 8 heteroatoms. The second-order valence-electron chi connectivity index (χ2n) is 3.90. The summed E-state index contributed by atoms with van der Waals surface area (Å²) in [7, 11) is -3.80. The fourth-order valence-electron chi connectivity index (χ4n) is 1.53. The molecule has 0 aliphatic heterocycles. The van der Waals surface area contributed by atoms with Crippen molar-refractivity contribution in [1.29, 1.82) is 0 Å². The summed E-state index contributed by atoms with van der Waals surface area (Å²) >= 11 is 4.67. The zero-order valence-corrected chi connectivity index (χ0v) is 11.8. The highest BCUT2D eigenvalue weighted by atomic mass is 32.2. The van der Waals surface area contributed by atoms with Gasteiger partial charge in [-0.1, -0.05) is 19.1 Å². The third-order valence-electron chi connectivity index (χ3n) is 2.53. The van der Waals surface area contributed by atoms with Crippen LogP contribution < -0.4 is 10.5 Å². The highest BCUT2D eigenvalue weighted by molar-refractivity contribution is 7.93. The van der Waals surface area contributed by atoms with Gasteiger partial charge in [0, 0.05) is 12.1 Å². The summed E-state index contributed by atoms with van der Waals surface area (Å²) < 4.78 is 52.2. The SMILES string of the molecule is CCC(C(N)=S)S(=O)(=O)NCc1cc(F)ccc1F. The third-order valence-corrected chi connectivity index (χ3v) is 4.85. The van der Waals surface area contributed by atoms with Crippen molar-refractivity contribution >= 4 is 27.2 Å². The molecule has 1 atom stereocenters. The Bertz CT molecular complexity index is 576. The van der Waals surface area contributed by atoms with E-state index in [0.717, 1.165) is 18.2 Å². The second-order valence-corrected chi connectivity index (χ2v) is 6.32. The number of thiocarbonyl (C=S) groups is 1. The van der Waals surface area contributed by atoms with Gasteiger partial charge in [-0.3, -0.25) is 0 Å². The largest absolute Gasteiger partial charge is 0.392 e. The van der Waals surface area contributed by atoms with Gasteiger partial charge in [-0.2, -0.15) is 0 Å². The molecule has 0 spiro atoms. The molecular weight excluding hydrogens is 294 g/mol. The fourth-order valence-corrected chi connectivity index (χ4v) is 3.38. The van der Waals surface area contributed by atoms with E-state index in [4.69, 9.17) is 5.73 Å². The van der Waals surface area contributed by atoms with Crippen LogP contribution in [0.2, 0.25) is 0 Å². The molecule has 0 amide bonds. The van der Waals surface area contributed by atoms with Crippen LogP contribution in [0.25, 0.3) is 0 Å². The highest BCUT2D eigenvalue weighted by Gasteiger charge is 2.26. The van der Waals surface area contributed by atoms with Crippen LogP contribution in [0, 0.1) is 11.6 Å². The summed E-state index contributed by atoms with van der Waals surface area (Å²) in [5.41, 5.74) is 5.25. The molecule has 0 aliphatic rings. The minimum Gasteiger partial charge on any atom is -0.392 e. The molecule has 0 saturated heterocycles. The number of hydrogen-bond donors (Lipinski definition) is 2. The van der Waals surface area contributed by atoms with E-state index in [1.807, 2.05) is 0 Å². The van der Waals surface area contributed by atoms with Crippen LogP contribution in [0.1, 0.15) is 18.9 Å². The molecule has 0 heterocycles. The Morgan fingerprint density at radius 2 is 2.11 bits per heavy atom. The molecule has 106 valence electrons. The van der Waals surface area contributed by atoms with Gasteiger partial charge in [0.25, 0.3) is 0 Å². The molecule has 0 saturated carbocycles. The first-order valence-electron chi connectivity index (χ1n) is 5.49. The quantitative estimate of drug-likeness (QED) is 0.780. The van der Waals surface area contributed by atoms with Crippen LogP contribution >= 0.6 is 12.2 Å². The van der Waals surface area contributed by atoms with E-state index in [1.54, 1.807) is 6.92 Å². The van der Waals surface area contributed by atoms with Gasteiger partial charge in [0.05, 0.1) is 4.99 Å². The molecule has 19 heavy (non-hydrogen) atoms. The lowest BCUT2D eigenvalue weighted by Crippen LogP contribution is -2.41. The van der Waals surface area contributed by atoms with E-state index in [-0.39, 0.29) is 23.5 Å². The number of nitrogens with one attached hydrogen (secondary N) is 1. The molecule has 3 N–H and O–H groups in total. The van der Waals surface area contributed by atoms with Crippen molar-refractivity contribution in [3.05, 3.63) is 35.4 Å². The van der Waals surface area contributed by atoms with Gasteiger partial charge in [-0.15, -0.1) is 0 Å². The molecule has 4 nitrogen and oxygen atoms in total. The van der Waals surface area contributed by atoms with E-state index in [9.17, 15) is 17.2 Å². The number of sulfonamides is 1. The number of benzene rings is 1. The molecule has 0 aromatic heterocycles. The van der Waals surface area contributed by atoms with Crippen molar-refractivity contribution in [2.75, 3.05) is 0 Å². The molecular formula is C11H14F2N2O2S2. The summed E-state index contributed by atoms with van der Waals surface area (Å²) in [5.74, 6) is -1.33. The topological polar surface area (TPSA) is 72.2 Å². The second kappa shape index (κ2) is 6.36. The first-order valence-corrected chi connectivity index (χ1v) is 7.45. The maximum Gasteiger partial charge on any atom is 0.221 e. The Hall–Kier alpha value is -1.12. The van der Waals surface area contributed by atoms with Crippen LogP contribution in [0.5, 0.6) is 0 Å². The Labute approximate surface area is 116 Å². The van der Waals surface area contributed by atoms with Crippen LogP contribution in [0.15, 0.2) is 18.2 Å². The van der Waals surface area contributed by atoms with Crippen molar-refractivity contribution < 1.29 is 17.2 Å². The summed E-state index contributed by atoms with van der Waals surface area (Å²) in [6.07, 6.45) is 0.205. The molecule has 0 aliphatic carbocycles. The van der Waals surface area contributed by atoms with Gasteiger partial charge in [-0.25, -0.2) is 21.9 Å². The fraction of sp³-hybridized carbons (Fsp3) is 0.364. The van der Waals surface area contributed by atoms with Crippen LogP contribution in [0.4, 0.5) is 8.78 Å². The maximum absolute atomic E-state index is 13.3. The Morgan fingerprint density at radius 1 is 1.47 bits per heavy atom. The number of hydrogen-bond acceptors (Lipinski definition) is 3. The van der Waals surface area contributed by atoms with E-state index in [2.05, 4.69) is 16.9 Å². The van der Waals surface area contributed by atoms with Crippen molar-refractivity contribution in [2.45, 2.75) is 25.1 Å². The summed E-state index contributed by atoms with van der Waals surface area (Å²) in [6, 6.07) is 2.82. The smallest absolute Gasteiger partial charge is 0.221 e. The van der Waals surface area contributed by atoms with E-state index in [1.165, 1.54) is 0 Å². The van der Waals surface area contributed by atoms with Crippen LogP contribution in [-0.2, 0) is 16.6 Å². The minimum atomic E-state index is -3.80. The first-order chi connectivity index (χ1) is 8.77. The standard InChI is InChI=1S/C11H14F2N2O2S2/c1-2-10(11(14)18)19(16,17)15-6-7-5-8(12)3-4-9(7)13/h3-5,10,15H,2,6H2,1H3,(H2,14,18). The molecule has 1 unspecified atom stereocenters. The lowest BCUT2D eigenvalue weighted by Gasteiger charge is -2.15. The number of rotatable bonds is 6. The zero-order chi connectivity index (χ0) is 14.6. The number of nitrogens with two attached hydrogens (primary N) is 1. The highest BCUT2D eigenvalue weighted by Crippen LogP contribution is 2.11. The number of halogens is 2. The predicted octanol–water partition coefficient (Wildman–Crippen LogP) is 1.45. The lowest BCUT2D eigenvalue weighted by molar-refractivity contribution is 0.562. The van der Waals surface area contributed by atoms with Gasteiger partial charge in [0.1, 0.15) is 16.9 Å². The molecule has 1 aromatic rings. The van der Waals surface area contributed by atoms with Crippen LogP contribution in [-0.4, -0.2) is 18.7 Å². The summed E-state index contributed by atoms with van der Waals surface area (Å²) in [5, 5.41) is -1.03. The Morgan fingerprint density at radius 3 is 2.63 bits per heavy atom. The molecule has 0 fully saturated rings. The van der Waals surface area contributed by atoms with Crippen molar-refractivity contribution in [3.8, 4) is 0 Å².